The lowest BCUT2D eigenvalue weighted by Gasteiger charge is -1.92. The van der Waals surface area contributed by atoms with Gasteiger partial charge in [-0.15, -0.1) is 0 Å². The first-order valence-electron chi connectivity index (χ1n) is 5.17. The largest absolute Gasteiger partial charge is 0.478 e. The number of carboxylic acids is 1. The van der Waals surface area contributed by atoms with Gasteiger partial charge in [0, 0.05) is 10.7 Å². The van der Waals surface area contributed by atoms with Crippen molar-refractivity contribution >= 4 is 32.9 Å². The Bertz CT molecular complexity index is 795. The molecule has 0 bridgehead atoms. The third kappa shape index (κ3) is 1.99. The molecular weight excluding hydrogens is 319 g/mol. The molecule has 96 valence electrons. The Labute approximate surface area is 114 Å². The summed E-state index contributed by atoms with van der Waals surface area (Å²) in [6.45, 7) is 0. The van der Waals surface area contributed by atoms with E-state index in [1.807, 2.05) is 0 Å². The predicted octanol–water partition coefficient (Wildman–Crippen LogP) is 2.35. The third-order valence-electron chi connectivity index (χ3n) is 2.54. The van der Waals surface area contributed by atoms with Crippen LogP contribution in [0.2, 0.25) is 0 Å². The fraction of sp³-hybridized carbons (Fsp3) is 0. The lowest BCUT2D eigenvalue weighted by Crippen LogP contribution is -1.97. The molecule has 0 fully saturated rings. The highest BCUT2D eigenvalue weighted by Crippen LogP contribution is 2.22. The fourth-order valence-electron chi connectivity index (χ4n) is 1.69. The van der Waals surface area contributed by atoms with Gasteiger partial charge in [0.15, 0.2) is 5.82 Å². The number of nitrogens with one attached hydrogen (secondary N) is 1. The second-order valence-electron chi connectivity index (χ2n) is 3.82. The summed E-state index contributed by atoms with van der Waals surface area (Å²) in [7, 11) is 0. The van der Waals surface area contributed by atoms with E-state index in [-0.39, 0.29) is 17.0 Å². The molecule has 1 aromatic carbocycles. The van der Waals surface area contributed by atoms with Crippen molar-refractivity contribution in [1.29, 1.82) is 0 Å². The van der Waals surface area contributed by atoms with E-state index in [1.165, 1.54) is 23.1 Å². The van der Waals surface area contributed by atoms with Gasteiger partial charge in [0.2, 0.25) is 5.95 Å². The number of imidazole rings is 1. The molecule has 6 nitrogen and oxygen atoms in total. The molecule has 0 unspecified atom stereocenters. The van der Waals surface area contributed by atoms with Crippen LogP contribution in [0.3, 0.4) is 0 Å². The molecule has 0 saturated carbocycles. The van der Waals surface area contributed by atoms with E-state index in [4.69, 9.17) is 5.11 Å². The van der Waals surface area contributed by atoms with Crippen molar-refractivity contribution in [2.75, 3.05) is 0 Å². The molecular formula is C11H6BrFN4O2. The Balaban J connectivity index is 2.14. The molecule has 2 aromatic heterocycles. The number of halogens is 2. The van der Waals surface area contributed by atoms with Gasteiger partial charge in [-0.1, -0.05) is 15.9 Å². The topological polar surface area (TPSA) is 83.8 Å². The standard InChI is InChI=1S/C11H6BrFN4O2/c12-6-1-7(13)9-8(2-6)15-11(16-9)17-4-5(3-14-17)10(18)19/h1-4H,(H,15,16)(H,18,19). The maximum Gasteiger partial charge on any atom is 0.338 e. The lowest BCUT2D eigenvalue weighted by molar-refractivity contribution is 0.0697. The van der Waals surface area contributed by atoms with E-state index in [1.54, 1.807) is 6.07 Å². The number of aromatic nitrogens is 4. The second-order valence-corrected chi connectivity index (χ2v) is 4.74. The zero-order valence-corrected chi connectivity index (χ0v) is 10.8. The van der Waals surface area contributed by atoms with Gasteiger partial charge in [-0.2, -0.15) is 5.10 Å². The van der Waals surface area contributed by atoms with Crippen molar-refractivity contribution in [3.05, 3.63) is 40.4 Å². The number of fused-ring (bicyclic) bond motifs is 1. The first kappa shape index (κ1) is 11.8. The number of carbonyl (C=O) groups is 1. The van der Waals surface area contributed by atoms with E-state index in [0.29, 0.717) is 9.99 Å². The summed E-state index contributed by atoms with van der Waals surface area (Å²) in [4.78, 5) is 17.7. The molecule has 8 heteroatoms. The summed E-state index contributed by atoms with van der Waals surface area (Å²) < 4.78 is 15.5. The Morgan fingerprint density at radius 1 is 1.47 bits per heavy atom. The summed E-state index contributed by atoms with van der Waals surface area (Å²) in [6.07, 6.45) is 2.49. The number of carboxylic acid groups (broad SMARTS) is 1. The molecule has 3 rings (SSSR count). The van der Waals surface area contributed by atoms with Crippen molar-refractivity contribution in [3.63, 3.8) is 0 Å². The smallest absolute Gasteiger partial charge is 0.338 e. The van der Waals surface area contributed by atoms with Crippen LogP contribution in [-0.2, 0) is 0 Å². The average molecular weight is 325 g/mol. The van der Waals surface area contributed by atoms with Crippen LogP contribution < -0.4 is 0 Å². The van der Waals surface area contributed by atoms with Crippen molar-refractivity contribution < 1.29 is 14.3 Å². The number of aromatic amines is 1. The monoisotopic (exact) mass is 324 g/mol. The maximum atomic E-state index is 13.7. The zero-order chi connectivity index (χ0) is 13.6. The van der Waals surface area contributed by atoms with Crippen LogP contribution in [0.25, 0.3) is 17.0 Å². The molecule has 0 atom stereocenters. The third-order valence-corrected chi connectivity index (χ3v) is 3.00. The average Bonchev–Trinajstić information content (AvgIpc) is 2.92. The van der Waals surface area contributed by atoms with E-state index < -0.39 is 11.8 Å². The van der Waals surface area contributed by atoms with Crippen LogP contribution in [0.1, 0.15) is 10.4 Å². The van der Waals surface area contributed by atoms with Crippen LogP contribution in [0.5, 0.6) is 0 Å². The minimum absolute atomic E-state index is 0.0297. The van der Waals surface area contributed by atoms with Crippen molar-refractivity contribution in [2.24, 2.45) is 0 Å². The maximum absolute atomic E-state index is 13.7. The number of benzene rings is 1. The molecule has 19 heavy (non-hydrogen) atoms. The predicted molar refractivity (Wildman–Crippen MR) is 67.8 cm³/mol. The molecule has 2 heterocycles. The summed E-state index contributed by atoms with van der Waals surface area (Å²) >= 11 is 3.18. The molecule has 0 amide bonds. The van der Waals surface area contributed by atoms with Gasteiger partial charge >= 0.3 is 5.97 Å². The Morgan fingerprint density at radius 3 is 2.95 bits per heavy atom. The Kier molecular flexibility index (Phi) is 2.59. The van der Waals surface area contributed by atoms with Crippen LogP contribution in [0, 0.1) is 5.82 Å². The van der Waals surface area contributed by atoms with Crippen LogP contribution in [0.4, 0.5) is 4.39 Å². The molecule has 0 saturated heterocycles. The normalized spacial score (nSPS) is 11.1. The number of nitrogens with zero attached hydrogens (tertiary/aromatic N) is 3. The number of H-pyrrole nitrogens is 1. The number of rotatable bonds is 2. The van der Waals surface area contributed by atoms with Gasteiger partial charge in [0.1, 0.15) is 5.52 Å². The van der Waals surface area contributed by atoms with Crippen molar-refractivity contribution in [3.8, 4) is 5.95 Å². The molecule has 0 spiro atoms. The Hall–Kier alpha value is -2.22. The van der Waals surface area contributed by atoms with Gasteiger partial charge in [0.25, 0.3) is 0 Å². The van der Waals surface area contributed by atoms with E-state index in [2.05, 4.69) is 31.0 Å². The molecule has 0 aliphatic carbocycles. The van der Waals surface area contributed by atoms with E-state index in [9.17, 15) is 9.18 Å². The SMILES string of the molecule is O=C(O)c1cnn(-c2nc3c(F)cc(Br)cc3[nH]2)c1. The van der Waals surface area contributed by atoms with Crippen LogP contribution in [0.15, 0.2) is 29.0 Å². The number of hydrogen-bond acceptors (Lipinski definition) is 3. The highest BCUT2D eigenvalue weighted by atomic mass is 79.9. The molecule has 2 N–H and O–H groups in total. The summed E-state index contributed by atoms with van der Waals surface area (Å²) in [5, 5.41) is 12.7. The quantitative estimate of drug-likeness (QED) is 0.757. The minimum atomic E-state index is -1.09. The number of hydrogen-bond donors (Lipinski definition) is 2. The van der Waals surface area contributed by atoms with Crippen LogP contribution in [-0.4, -0.2) is 30.8 Å². The lowest BCUT2D eigenvalue weighted by atomic mass is 10.3. The van der Waals surface area contributed by atoms with Crippen LogP contribution >= 0.6 is 15.9 Å². The van der Waals surface area contributed by atoms with Crippen molar-refractivity contribution in [1.82, 2.24) is 19.7 Å². The minimum Gasteiger partial charge on any atom is -0.478 e. The van der Waals surface area contributed by atoms with Gasteiger partial charge < -0.3 is 10.1 Å². The molecule has 0 radical (unpaired) electrons. The van der Waals surface area contributed by atoms with Gasteiger partial charge in [-0.25, -0.2) is 18.9 Å². The molecule has 3 aromatic rings. The second kappa shape index (κ2) is 4.16. The summed E-state index contributed by atoms with van der Waals surface area (Å²) in [5.74, 6) is -1.31. The molecule has 0 aliphatic rings. The van der Waals surface area contributed by atoms with Crippen molar-refractivity contribution in [2.45, 2.75) is 0 Å². The summed E-state index contributed by atoms with van der Waals surface area (Å²) in [5.41, 5.74) is 0.696. The number of aromatic carboxylic acids is 1. The first-order chi connectivity index (χ1) is 9.04. The van der Waals surface area contributed by atoms with Gasteiger partial charge in [-0.05, 0) is 12.1 Å². The zero-order valence-electron chi connectivity index (χ0n) is 9.26. The molecule has 0 aliphatic heterocycles. The Morgan fingerprint density at radius 2 is 2.26 bits per heavy atom. The summed E-state index contributed by atoms with van der Waals surface area (Å²) in [6, 6.07) is 2.98. The first-order valence-corrected chi connectivity index (χ1v) is 5.97. The highest BCUT2D eigenvalue weighted by molar-refractivity contribution is 9.10. The van der Waals surface area contributed by atoms with E-state index in [0.717, 1.165) is 0 Å². The van der Waals surface area contributed by atoms with Gasteiger partial charge in [0.05, 0.1) is 17.3 Å². The van der Waals surface area contributed by atoms with Gasteiger partial charge in [-0.3, -0.25) is 0 Å². The van der Waals surface area contributed by atoms with E-state index >= 15 is 0 Å². The fourth-order valence-corrected chi connectivity index (χ4v) is 2.12. The highest BCUT2D eigenvalue weighted by Gasteiger charge is 2.12.